The van der Waals surface area contributed by atoms with Crippen LogP contribution in [0.3, 0.4) is 0 Å². The molecule has 10 heteroatoms. The van der Waals surface area contributed by atoms with Crippen molar-refractivity contribution in [2.45, 2.75) is 103 Å². The largest absolute Gasteiger partial charge is 0.463 e. The highest BCUT2D eigenvalue weighted by molar-refractivity contribution is 5.96. The molecule has 0 spiro atoms. The summed E-state index contributed by atoms with van der Waals surface area (Å²) in [5.41, 5.74) is 0.571. The third-order valence-corrected chi connectivity index (χ3v) is 5.97. The van der Waals surface area contributed by atoms with Gasteiger partial charge < -0.3 is 14.8 Å². The van der Waals surface area contributed by atoms with Gasteiger partial charge >= 0.3 is 12.0 Å². The number of rotatable bonds is 14. The maximum atomic E-state index is 14.2. The second kappa shape index (κ2) is 13.3. The van der Waals surface area contributed by atoms with Crippen molar-refractivity contribution in [3.63, 3.8) is 0 Å². The zero-order chi connectivity index (χ0) is 24.3. The molecule has 0 saturated carbocycles. The lowest BCUT2D eigenvalue weighted by molar-refractivity contribution is -0.148. The van der Waals surface area contributed by atoms with E-state index in [1.807, 2.05) is 0 Å². The second-order valence-corrected chi connectivity index (χ2v) is 8.81. The van der Waals surface area contributed by atoms with Crippen molar-refractivity contribution in [2.24, 2.45) is 0 Å². The SMILES string of the molecule is CCCCCCC(=O)Nc1nc(F)nc2c1ncn2[C@H]1CC[C@@H](COC(=O)CCCCCC)O1. The zero-order valence-corrected chi connectivity index (χ0v) is 20.2. The van der Waals surface area contributed by atoms with E-state index in [-0.39, 0.29) is 36.1 Å². The average Bonchev–Trinajstić information content (AvgIpc) is 3.45. The molecule has 1 fully saturated rings. The Labute approximate surface area is 199 Å². The second-order valence-electron chi connectivity index (χ2n) is 8.81. The molecule has 2 aromatic rings. The number of halogens is 1. The van der Waals surface area contributed by atoms with Gasteiger partial charge in [0, 0.05) is 12.8 Å². The maximum Gasteiger partial charge on any atom is 0.312 e. The number of esters is 1. The molecule has 9 nitrogen and oxygen atoms in total. The van der Waals surface area contributed by atoms with Gasteiger partial charge in [-0.3, -0.25) is 14.2 Å². The number of carbonyl (C=O) groups excluding carboxylic acids is 2. The predicted octanol–water partition coefficient (Wildman–Crippen LogP) is 5.07. The number of aromatic nitrogens is 4. The molecule has 34 heavy (non-hydrogen) atoms. The first-order valence-corrected chi connectivity index (χ1v) is 12.5. The number of carbonyl (C=O) groups is 2. The van der Waals surface area contributed by atoms with Crippen molar-refractivity contribution in [1.82, 2.24) is 19.5 Å². The highest BCUT2D eigenvalue weighted by Gasteiger charge is 2.29. The number of hydrogen-bond donors (Lipinski definition) is 1. The molecule has 3 heterocycles. The molecule has 1 N–H and O–H groups in total. The van der Waals surface area contributed by atoms with E-state index >= 15 is 0 Å². The summed E-state index contributed by atoms with van der Waals surface area (Å²) in [6.45, 7) is 4.43. The number of ether oxygens (including phenoxy) is 2. The third-order valence-electron chi connectivity index (χ3n) is 5.97. The molecule has 1 amide bonds. The van der Waals surface area contributed by atoms with Gasteiger partial charge in [0.05, 0.1) is 12.4 Å². The van der Waals surface area contributed by atoms with Crippen molar-refractivity contribution in [2.75, 3.05) is 11.9 Å². The first-order valence-electron chi connectivity index (χ1n) is 12.5. The Balaban J connectivity index is 1.56. The van der Waals surface area contributed by atoms with E-state index in [4.69, 9.17) is 9.47 Å². The number of anilines is 1. The molecule has 0 aromatic carbocycles. The van der Waals surface area contributed by atoms with Crippen molar-refractivity contribution in [3.05, 3.63) is 12.4 Å². The molecule has 0 unspecified atom stereocenters. The molecular formula is C24H36FN5O4. The van der Waals surface area contributed by atoms with Crippen molar-refractivity contribution < 1.29 is 23.5 Å². The number of hydrogen-bond acceptors (Lipinski definition) is 7. The summed E-state index contributed by atoms with van der Waals surface area (Å²) in [4.78, 5) is 36.1. The van der Waals surface area contributed by atoms with Crippen LogP contribution in [-0.2, 0) is 19.1 Å². The molecule has 2 aromatic heterocycles. The van der Waals surface area contributed by atoms with Gasteiger partial charge in [-0.25, -0.2) is 4.98 Å². The predicted molar refractivity (Wildman–Crippen MR) is 126 cm³/mol. The van der Waals surface area contributed by atoms with E-state index in [9.17, 15) is 14.0 Å². The fourth-order valence-corrected chi connectivity index (χ4v) is 4.06. The number of nitrogens with one attached hydrogen (secondary N) is 1. The number of nitrogens with zero attached hydrogens (tertiary/aromatic N) is 4. The Kier molecular flexibility index (Phi) is 10.2. The molecule has 1 aliphatic heterocycles. The van der Waals surface area contributed by atoms with E-state index < -0.39 is 12.3 Å². The Bertz CT molecular complexity index is 951. The number of unbranched alkanes of at least 4 members (excludes halogenated alkanes) is 6. The molecule has 3 rings (SSSR count). The first-order chi connectivity index (χ1) is 16.5. The minimum absolute atomic E-state index is 0.0632. The monoisotopic (exact) mass is 477 g/mol. The van der Waals surface area contributed by atoms with Crippen LogP contribution >= 0.6 is 0 Å². The van der Waals surface area contributed by atoms with Crippen LogP contribution in [0.1, 0.15) is 97.1 Å². The number of amides is 1. The molecule has 2 atom stereocenters. The molecule has 0 radical (unpaired) electrons. The lowest BCUT2D eigenvalue weighted by atomic mass is 10.1. The summed E-state index contributed by atoms with van der Waals surface area (Å²) in [5, 5.41) is 2.67. The number of fused-ring (bicyclic) bond motifs is 1. The molecule has 0 bridgehead atoms. The standard InChI is InChI=1S/C24H36FN5O4/c1-3-5-7-9-11-18(31)27-22-21-23(29-24(25)28-22)30(16-26-21)19-14-13-17(34-19)15-33-20(32)12-10-8-6-4-2/h16-17,19H,3-15H2,1-2H3,(H,27,28,29,31)/t17-,19+/m0/s1. The summed E-state index contributed by atoms with van der Waals surface area (Å²) in [6, 6.07) is 0. The fraction of sp³-hybridized carbons (Fsp3) is 0.708. The van der Waals surface area contributed by atoms with Gasteiger partial charge in [0.15, 0.2) is 17.0 Å². The van der Waals surface area contributed by atoms with Crippen molar-refractivity contribution in [3.8, 4) is 0 Å². The van der Waals surface area contributed by atoms with Gasteiger partial charge in [-0.1, -0.05) is 52.4 Å². The molecular weight excluding hydrogens is 441 g/mol. The van der Waals surface area contributed by atoms with Gasteiger partial charge in [-0.05, 0) is 25.7 Å². The third kappa shape index (κ3) is 7.44. The molecule has 1 saturated heterocycles. The van der Waals surface area contributed by atoms with E-state index in [2.05, 4.69) is 34.1 Å². The Hall–Kier alpha value is -2.62. The van der Waals surface area contributed by atoms with Crippen molar-refractivity contribution in [1.29, 1.82) is 0 Å². The lowest BCUT2D eigenvalue weighted by Crippen LogP contribution is -2.19. The van der Waals surface area contributed by atoms with Gasteiger partial charge in [0.2, 0.25) is 5.91 Å². The van der Waals surface area contributed by atoms with Crippen LogP contribution in [0.4, 0.5) is 10.2 Å². The molecule has 1 aliphatic rings. The van der Waals surface area contributed by atoms with Crippen LogP contribution in [0, 0.1) is 6.08 Å². The Morgan fingerprint density at radius 1 is 1.09 bits per heavy atom. The quantitative estimate of drug-likeness (QED) is 0.230. The molecule has 188 valence electrons. The van der Waals surface area contributed by atoms with Crippen molar-refractivity contribution >= 4 is 28.9 Å². The van der Waals surface area contributed by atoms with Crippen LogP contribution in [0.2, 0.25) is 0 Å². The Morgan fingerprint density at radius 3 is 2.56 bits per heavy atom. The van der Waals surface area contributed by atoms with E-state index in [1.165, 1.54) is 6.33 Å². The number of imidazole rings is 1. The minimum Gasteiger partial charge on any atom is -0.463 e. The fourth-order valence-electron chi connectivity index (χ4n) is 4.06. The van der Waals surface area contributed by atoms with Crippen LogP contribution in [0.15, 0.2) is 6.33 Å². The van der Waals surface area contributed by atoms with Gasteiger partial charge in [0.1, 0.15) is 12.8 Å². The van der Waals surface area contributed by atoms with Crippen LogP contribution in [-0.4, -0.2) is 44.1 Å². The first kappa shape index (κ1) is 26.0. The van der Waals surface area contributed by atoms with Gasteiger partial charge in [-0.2, -0.15) is 14.4 Å². The minimum atomic E-state index is -0.943. The summed E-state index contributed by atoms with van der Waals surface area (Å²) in [5.74, 6) is -0.367. The van der Waals surface area contributed by atoms with E-state index in [1.54, 1.807) is 4.57 Å². The van der Waals surface area contributed by atoms with Crippen LogP contribution in [0.25, 0.3) is 11.2 Å². The maximum absolute atomic E-state index is 14.2. The van der Waals surface area contributed by atoms with Crippen LogP contribution in [0.5, 0.6) is 0 Å². The topological polar surface area (TPSA) is 108 Å². The molecule has 0 aliphatic carbocycles. The smallest absolute Gasteiger partial charge is 0.312 e. The van der Waals surface area contributed by atoms with E-state index in [0.29, 0.717) is 31.2 Å². The van der Waals surface area contributed by atoms with E-state index in [0.717, 1.165) is 51.4 Å². The zero-order valence-electron chi connectivity index (χ0n) is 20.2. The van der Waals surface area contributed by atoms with Gasteiger partial charge in [-0.15, -0.1) is 0 Å². The summed E-state index contributed by atoms with van der Waals surface area (Å²) < 4.78 is 27.2. The highest BCUT2D eigenvalue weighted by atomic mass is 19.1. The normalized spacial score (nSPS) is 17.9. The average molecular weight is 478 g/mol. The van der Waals surface area contributed by atoms with Crippen LogP contribution < -0.4 is 5.32 Å². The van der Waals surface area contributed by atoms with Gasteiger partial charge in [0.25, 0.3) is 0 Å². The summed E-state index contributed by atoms with van der Waals surface area (Å²) in [6.07, 6.45) is 10.0. The highest BCUT2D eigenvalue weighted by Crippen LogP contribution is 2.32. The Morgan fingerprint density at radius 2 is 1.82 bits per heavy atom. The summed E-state index contributed by atoms with van der Waals surface area (Å²) in [7, 11) is 0. The summed E-state index contributed by atoms with van der Waals surface area (Å²) >= 11 is 0. The lowest BCUT2D eigenvalue weighted by Gasteiger charge is -2.15.